The van der Waals surface area contributed by atoms with E-state index >= 15 is 0 Å². The van der Waals surface area contributed by atoms with Crippen LogP contribution in [0.15, 0.2) is 0 Å². The van der Waals surface area contributed by atoms with Gasteiger partial charge in [-0.2, -0.15) is 0 Å². The maximum Gasteiger partial charge on any atom is 0.139 e. The number of hydrogen-bond donors (Lipinski definition) is 2. The summed E-state index contributed by atoms with van der Waals surface area (Å²) < 4.78 is 0. The highest BCUT2D eigenvalue weighted by molar-refractivity contribution is 5.87. The largest absolute Gasteiger partial charge is 0.393 e. The maximum absolute atomic E-state index is 12.4. The Balaban J connectivity index is 1.74. The van der Waals surface area contributed by atoms with Gasteiger partial charge in [0.2, 0.25) is 0 Å². The molecule has 0 saturated heterocycles. The predicted molar refractivity (Wildman–Crippen MR) is 84.1 cm³/mol. The van der Waals surface area contributed by atoms with Crippen LogP contribution in [0.4, 0.5) is 0 Å². The highest BCUT2D eigenvalue weighted by Gasteiger charge is 2.64. The van der Waals surface area contributed by atoms with Gasteiger partial charge >= 0.3 is 0 Å². The third-order valence-corrected chi connectivity index (χ3v) is 8.23. The molecule has 4 saturated carbocycles. The summed E-state index contributed by atoms with van der Waals surface area (Å²) in [5.41, 5.74) is -0.273. The van der Waals surface area contributed by atoms with Crippen molar-refractivity contribution in [2.75, 3.05) is 0 Å². The summed E-state index contributed by atoms with van der Waals surface area (Å²) in [5, 5.41) is 21.8. The lowest BCUT2D eigenvalue weighted by Gasteiger charge is -2.62. The fourth-order valence-corrected chi connectivity index (χ4v) is 7.26. The van der Waals surface area contributed by atoms with E-state index in [2.05, 4.69) is 13.8 Å². The van der Waals surface area contributed by atoms with Crippen LogP contribution in [-0.2, 0) is 4.79 Å². The first-order valence-electron chi connectivity index (χ1n) is 9.27. The second-order valence-corrected chi connectivity index (χ2v) is 9.11. The van der Waals surface area contributed by atoms with Crippen LogP contribution in [-0.4, -0.2) is 28.2 Å². The molecule has 22 heavy (non-hydrogen) atoms. The van der Waals surface area contributed by atoms with Gasteiger partial charge in [-0.25, -0.2) is 0 Å². The van der Waals surface area contributed by atoms with Gasteiger partial charge in [-0.15, -0.1) is 0 Å². The molecule has 0 aromatic heterocycles. The van der Waals surface area contributed by atoms with Gasteiger partial charge < -0.3 is 10.2 Å². The van der Waals surface area contributed by atoms with Crippen molar-refractivity contribution in [3.05, 3.63) is 0 Å². The quantitative estimate of drug-likeness (QED) is 0.723. The fraction of sp³-hybridized carbons (Fsp3) is 0.947. The zero-order valence-electron chi connectivity index (χ0n) is 13.9. The monoisotopic (exact) mass is 306 g/mol. The number of rotatable bonds is 0. The van der Waals surface area contributed by atoms with Gasteiger partial charge in [0, 0.05) is 11.8 Å². The number of carbonyl (C=O) groups excluding carboxylic acids is 1. The molecule has 2 N–H and O–H groups in total. The van der Waals surface area contributed by atoms with Crippen LogP contribution in [0.25, 0.3) is 0 Å². The summed E-state index contributed by atoms with van der Waals surface area (Å²) in [5.74, 6) is 1.68. The summed E-state index contributed by atoms with van der Waals surface area (Å²) in [4.78, 5) is 12.4. The van der Waals surface area contributed by atoms with Crippen LogP contribution in [0.5, 0.6) is 0 Å². The Bertz CT molecular complexity index is 489. The van der Waals surface area contributed by atoms with E-state index in [1.54, 1.807) is 0 Å². The van der Waals surface area contributed by atoms with E-state index in [1.807, 2.05) is 0 Å². The minimum absolute atomic E-state index is 0.0625. The lowest BCUT2D eigenvalue weighted by molar-refractivity contribution is -0.194. The van der Waals surface area contributed by atoms with Crippen molar-refractivity contribution in [2.45, 2.75) is 77.4 Å². The van der Waals surface area contributed by atoms with Crippen molar-refractivity contribution in [1.29, 1.82) is 0 Å². The average Bonchev–Trinajstić information content (AvgIpc) is 2.74. The number of fused-ring (bicyclic) bond motifs is 5. The van der Waals surface area contributed by atoms with Crippen LogP contribution < -0.4 is 0 Å². The molecule has 0 aliphatic heterocycles. The van der Waals surface area contributed by atoms with Crippen molar-refractivity contribution in [3.63, 3.8) is 0 Å². The first kappa shape index (κ1) is 15.1. The maximum atomic E-state index is 12.4. The number of carbonyl (C=O) groups is 1. The predicted octanol–water partition coefficient (Wildman–Crippen LogP) is 2.93. The molecule has 0 amide bonds. The molecule has 0 aromatic rings. The molecule has 4 rings (SSSR count). The standard InChI is InChI=1S/C19H30O3/c1-18-8-4-3-5-13(18)14(20)9-11-12-6-7-16(22)19(12,2)10-15(21)17(11)18/h11-15,17,20-21H,3-10H2,1-2H3/t11-,12+,13-,14+,15-,17+,18+,19+/m1/s1. The van der Waals surface area contributed by atoms with Crippen LogP contribution in [0.3, 0.4) is 0 Å². The first-order chi connectivity index (χ1) is 10.4. The zero-order valence-corrected chi connectivity index (χ0v) is 13.9. The molecular weight excluding hydrogens is 276 g/mol. The summed E-state index contributed by atoms with van der Waals surface area (Å²) >= 11 is 0. The lowest BCUT2D eigenvalue weighted by atomic mass is 9.44. The van der Waals surface area contributed by atoms with E-state index in [4.69, 9.17) is 0 Å². The Kier molecular flexibility index (Phi) is 3.30. The Labute approximate surface area is 133 Å². The van der Waals surface area contributed by atoms with E-state index in [0.717, 1.165) is 25.7 Å². The van der Waals surface area contributed by atoms with Crippen LogP contribution in [0.1, 0.15) is 65.2 Å². The molecular formula is C19H30O3. The van der Waals surface area contributed by atoms with Gasteiger partial charge in [0.1, 0.15) is 5.78 Å². The van der Waals surface area contributed by atoms with Gasteiger partial charge in [0.25, 0.3) is 0 Å². The highest BCUT2D eigenvalue weighted by atomic mass is 16.3. The van der Waals surface area contributed by atoms with Crippen molar-refractivity contribution < 1.29 is 15.0 Å². The molecule has 124 valence electrons. The van der Waals surface area contributed by atoms with E-state index in [9.17, 15) is 15.0 Å². The van der Waals surface area contributed by atoms with Crippen molar-refractivity contribution in [2.24, 2.45) is 34.5 Å². The zero-order chi connectivity index (χ0) is 15.7. The third kappa shape index (κ3) is 1.78. The summed E-state index contributed by atoms with van der Waals surface area (Å²) in [6.07, 6.45) is 7.15. The van der Waals surface area contributed by atoms with E-state index in [-0.39, 0.29) is 29.0 Å². The Morgan fingerprint density at radius 1 is 1.05 bits per heavy atom. The molecule has 0 unspecified atom stereocenters. The highest BCUT2D eigenvalue weighted by Crippen LogP contribution is 2.65. The lowest BCUT2D eigenvalue weighted by Crippen LogP contribution is -2.61. The molecule has 4 aliphatic carbocycles. The molecule has 0 aromatic carbocycles. The molecule has 3 heteroatoms. The van der Waals surface area contributed by atoms with E-state index in [1.165, 1.54) is 12.8 Å². The van der Waals surface area contributed by atoms with Gasteiger partial charge in [-0.3, -0.25) is 4.79 Å². The summed E-state index contributed by atoms with van der Waals surface area (Å²) in [6, 6.07) is 0. The Hall–Kier alpha value is -0.410. The molecule has 0 bridgehead atoms. The second-order valence-electron chi connectivity index (χ2n) is 9.11. The minimum atomic E-state index is -0.369. The molecule has 4 aliphatic rings. The molecule has 4 fully saturated rings. The SMILES string of the molecule is C[C@]12CCCC[C@@H]1[C@@H](O)C[C@H]1[C@H]2[C@H](O)C[C@]2(C)C(=O)CC[C@@H]12. The first-order valence-corrected chi connectivity index (χ1v) is 9.27. The molecule has 8 atom stereocenters. The number of aliphatic hydroxyl groups excluding tert-OH is 2. The summed E-state index contributed by atoms with van der Waals surface area (Å²) in [6.45, 7) is 4.40. The van der Waals surface area contributed by atoms with Gasteiger partial charge in [0.05, 0.1) is 12.2 Å². The van der Waals surface area contributed by atoms with Crippen molar-refractivity contribution in [3.8, 4) is 0 Å². The normalized spacial score (nSPS) is 57.9. The van der Waals surface area contributed by atoms with Crippen LogP contribution >= 0.6 is 0 Å². The van der Waals surface area contributed by atoms with Gasteiger partial charge in [-0.1, -0.05) is 26.7 Å². The number of Topliss-reactive ketones (excluding diaryl/α,β-unsaturated/α-hetero) is 1. The Morgan fingerprint density at radius 3 is 2.59 bits per heavy atom. The minimum Gasteiger partial charge on any atom is -0.393 e. The number of aliphatic hydroxyl groups is 2. The second kappa shape index (κ2) is 4.80. The number of hydrogen-bond acceptors (Lipinski definition) is 3. The fourth-order valence-electron chi connectivity index (χ4n) is 7.26. The van der Waals surface area contributed by atoms with Crippen molar-refractivity contribution in [1.82, 2.24) is 0 Å². The smallest absolute Gasteiger partial charge is 0.139 e. The van der Waals surface area contributed by atoms with E-state index in [0.29, 0.717) is 36.4 Å². The summed E-state index contributed by atoms with van der Waals surface area (Å²) in [7, 11) is 0. The van der Waals surface area contributed by atoms with Crippen LogP contribution in [0, 0.1) is 34.5 Å². The topological polar surface area (TPSA) is 57.5 Å². The van der Waals surface area contributed by atoms with Gasteiger partial charge in [-0.05, 0) is 61.2 Å². The van der Waals surface area contributed by atoms with Gasteiger partial charge in [0.15, 0.2) is 0 Å². The Morgan fingerprint density at radius 2 is 1.82 bits per heavy atom. The molecule has 0 heterocycles. The van der Waals surface area contributed by atoms with E-state index < -0.39 is 0 Å². The average molecular weight is 306 g/mol. The molecule has 3 nitrogen and oxygen atoms in total. The third-order valence-electron chi connectivity index (χ3n) is 8.23. The number of ketones is 1. The van der Waals surface area contributed by atoms with Crippen molar-refractivity contribution >= 4 is 5.78 Å². The van der Waals surface area contributed by atoms with Crippen LogP contribution in [0.2, 0.25) is 0 Å². The molecule has 0 spiro atoms. The molecule has 0 radical (unpaired) electrons.